The third-order valence-electron chi connectivity index (χ3n) is 5.09. The van der Waals surface area contributed by atoms with E-state index in [4.69, 9.17) is 32.7 Å². The van der Waals surface area contributed by atoms with E-state index in [0.29, 0.717) is 43.6 Å². The summed E-state index contributed by atoms with van der Waals surface area (Å²) in [7, 11) is 3.05. The molecular weight excluding hydrogens is 553 g/mol. The molecule has 0 atom stereocenters. The van der Waals surface area contributed by atoms with Crippen LogP contribution in [0, 0.1) is 0 Å². The van der Waals surface area contributed by atoms with Gasteiger partial charge in [0.05, 0.1) is 30.7 Å². The zero-order chi connectivity index (χ0) is 26.4. The van der Waals surface area contributed by atoms with E-state index in [9.17, 15) is 9.59 Å². The van der Waals surface area contributed by atoms with E-state index in [2.05, 4.69) is 15.6 Å². The molecule has 0 aliphatic rings. The zero-order valence-corrected chi connectivity index (χ0v) is 22.9. The van der Waals surface area contributed by atoms with E-state index in [1.807, 2.05) is 17.5 Å². The van der Waals surface area contributed by atoms with E-state index in [1.54, 1.807) is 48.5 Å². The molecule has 0 unspecified atom stereocenters. The average Bonchev–Trinajstić information content (AvgIpc) is 3.35. The summed E-state index contributed by atoms with van der Waals surface area (Å²) in [6.07, 6.45) is 0. The molecule has 4 rings (SSSR count). The molecule has 0 spiro atoms. The number of carbonyl (C=O) groups is 2. The Labute approximate surface area is 232 Å². The standard InChI is InChI=1S/C26H21Cl2N3O4S2/c1-34-22-10-3-15(11-23(22)35-2)25(33)29-17-5-7-18(8-6-17)36-14-24(32)31-26-30-21(13-37-26)19-9-4-16(27)12-20(19)28/h3-13H,14H2,1-2H3,(H,29,33)(H,30,31,32). The van der Waals surface area contributed by atoms with Crippen LogP contribution in [-0.2, 0) is 4.79 Å². The third-order valence-corrected chi connectivity index (χ3v) is 7.40. The van der Waals surface area contributed by atoms with Crippen LogP contribution in [0.4, 0.5) is 10.8 Å². The number of carbonyl (C=O) groups excluding carboxylic acids is 2. The molecule has 4 aromatic rings. The Morgan fingerprint density at radius 3 is 2.41 bits per heavy atom. The lowest BCUT2D eigenvalue weighted by Crippen LogP contribution is -2.13. The Hall–Kier alpha value is -3.24. The molecule has 0 aliphatic carbocycles. The van der Waals surface area contributed by atoms with Crippen molar-refractivity contribution in [3.05, 3.63) is 81.7 Å². The summed E-state index contributed by atoms with van der Waals surface area (Å²) in [6, 6.07) is 17.4. The number of thioether (sulfide) groups is 1. The minimum Gasteiger partial charge on any atom is -0.493 e. The van der Waals surface area contributed by atoms with Crippen molar-refractivity contribution in [2.75, 3.05) is 30.6 Å². The third kappa shape index (κ3) is 6.95. The van der Waals surface area contributed by atoms with Gasteiger partial charge in [0.1, 0.15) is 0 Å². The molecule has 0 saturated heterocycles. The minimum atomic E-state index is -0.275. The quantitative estimate of drug-likeness (QED) is 0.207. The fourth-order valence-corrected chi connectivity index (χ4v) is 5.20. The number of ether oxygens (including phenoxy) is 2. The van der Waals surface area contributed by atoms with Gasteiger partial charge in [0, 0.05) is 32.1 Å². The highest BCUT2D eigenvalue weighted by Crippen LogP contribution is 2.32. The number of rotatable bonds is 9. The molecule has 0 fully saturated rings. The number of aromatic nitrogens is 1. The summed E-state index contributed by atoms with van der Waals surface area (Å²) in [4.78, 5) is 30.3. The van der Waals surface area contributed by atoms with Gasteiger partial charge in [-0.2, -0.15) is 0 Å². The van der Waals surface area contributed by atoms with Crippen LogP contribution >= 0.6 is 46.3 Å². The molecule has 2 N–H and O–H groups in total. The topological polar surface area (TPSA) is 89.5 Å². The van der Waals surface area contributed by atoms with Gasteiger partial charge in [-0.25, -0.2) is 4.98 Å². The first kappa shape index (κ1) is 26.8. The smallest absolute Gasteiger partial charge is 0.255 e. The fourth-order valence-electron chi connectivity index (χ4n) is 3.27. The number of thiazole rings is 1. The number of methoxy groups -OCH3 is 2. The Kier molecular flexibility index (Phi) is 8.94. The van der Waals surface area contributed by atoms with Crippen LogP contribution in [0.15, 0.2) is 70.9 Å². The van der Waals surface area contributed by atoms with Gasteiger partial charge >= 0.3 is 0 Å². The summed E-state index contributed by atoms with van der Waals surface area (Å²) in [5, 5.41) is 9.01. The Morgan fingerprint density at radius 2 is 1.70 bits per heavy atom. The largest absolute Gasteiger partial charge is 0.493 e. The number of nitrogens with zero attached hydrogens (tertiary/aromatic N) is 1. The van der Waals surface area contributed by atoms with Gasteiger partial charge in [-0.15, -0.1) is 23.1 Å². The molecule has 190 valence electrons. The van der Waals surface area contributed by atoms with Crippen molar-refractivity contribution in [3.63, 3.8) is 0 Å². The molecule has 37 heavy (non-hydrogen) atoms. The van der Waals surface area contributed by atoms with Crippen molar-refractivity contribution in [2.24, 2.45) is 0 Å². The number of nitrogens with one attached hydrogen (secondary N) is 2. The number of anilines is 2. The van der Waals surface area contributed by atoms with Crippen molar-refractivity contribution in [1.29, 1.82) is 0 Å². The molecule has 1 aromatic heterocycles. The van der Waals surface area contributed by atoms with Gasteiger partial charge in [-0.05, 0) is 60.7 Å². The molecular formula is C26H21Cl2N3O4S2. The SMILES string of the molecule is COc1ccc(C(=O)Nc2ccc(SCC(=O)Nc3nc(-c4ccc(Cl)cc4Cl)cs3)cc2)cc1OC. The van der Waals surface area contributed by atoms with Crippen molar-refractivity contribution in [3.8, 4) is 22.8 Å². The first-order chi connectivity index (χ1) is 17.9. The molecule has 7 nitrogen and oxygen atoms in total. The average molecular weight is 575 g/mol. The molecule has 11 heteroatoms. The first-order valence-electron chi connectivity index (χ1n) is 10.8. The molecule has 1 heterocycles. The van der Waals surface area contributed by atoms with Crippen LogP contribution < -0.4 is 20.1 Å². The van der Waals surface area contributed by atoms with E-state index in [0.717, 1.165) is 10.5 Å². The number of hydrogen-bond acceptors (Lipinski definition) is 7. The summed E-state index contributed by atoms with van der Waals surface area (Å²) in [6.45, 7) is 0. The van der Waals surface area contributed by atoms with Crippen LogP contribution in [0.5, 0.6) is 11.5 Å². The van der Waals surface area contributed by atoms with E-state index in [1.165, 1.54) is 37.3 Å². The van der Waals surface area contributed by atoms with Crippen LogP contribution in [0.3, 0.4) is 0 Å². The Bertz CT molecular complexity index is 1430. The van der Waals surface area contributed by atoms with E-state index in [-0.39, 0.29) is 17.6 Å². The monoisotopic (exact) mass is 573 g/mol. The number of hydrogen-bond donors (Lipinski definition) is 2. The maximum absolute atomic E-state index is 12.6. The van der Waals surface area contributed by atoms with Crippen molar-refractivity contribution in [1.82, 2.24) is 4.98 Å². The van der Waals surface area contributed by atoms with Gasteiger partial charge in [0.25, 0.3) is 5.91 Å². The summed E-state index contributed by atoms with van der Waals surface area (Å²) < 4.78 is 10.5. The highest BCUT2D eigenvalue weighted by molar-refractivity contribution is 8.00. The van der Waals surface area contributed by atoms with E-state index >= 15 is 0 Å². The van der Waals surface area contributed by atoms with Crippen LogP contribution in [0.1, 0.15) is 10.4 Å². The van der Waals surface area contributed by atoms with Gasteiger partial charge < -0.3 is 20.1 Å². The van der Waals surface area contributed by atoms with Gasteiger partial charge in [-0.3, -0.25) is 9.59 Å². The van der Waals surface area contributed by atoms with Crippen LogP contribution in [0.25, 0.3) is 11.3 Å². The Morgan fingerprint density at radius 1 is 0.946 bits per heavy atom. The molecule has 0 saturated carbocycles. The summed E-state index contributed by atoms with van der Waals surface area (Å²) in [5.41, 5.74) is 2.48. The maximum atomic E-state index is 12.6. The van der Waals surface area contributed by atoms with Gasteiger partial charge in [0.15, 0.2) is 16.6 Å². The number of halogens is 2. The molecule has 2 amide bonds. The molecule has 0 radical (unpaired) electrons. The summed E-state index contributed by atoms with van der Waals surface area (Å²) in [5.74, 6) is 0.768. The van der Waals surface area contributed by atoms with Crippen LogP contribution in [-0.4, -0.2) is 36.8 Å². The molecule has 0 aliphatic heterocycles. The first-order valence-corrected chi connectivity index (χ1v) is 13.5. The number of amides is 2. The fraction of sp³-hybridized carbons (Fsp3) is 0.115. The minimum absolute atomic E-state index is 0.182. The van der Waals surface area contributed by atoms with Crippen molar-refractivity contribution < 1.29 is 19.1 Å². The van der Waals surface area contributed by atoms with Crippen LogP contribution in [0.2, 0.25) is 10.0 Å². The highest BCUT2D eigenvalue weighted by atomic mass is 35.5. The predicted octanol–water partition coefficient (Wildman–Crippen LogP) is 7.12. The molecule has 0 bridgehead atoms. The van der Waals surface area contributed by atoms with Gasteiger partial charge in [0.2, 0.25) is 5.91 Å². The lowest BCUT2D eigenvalue weighted by atomic mass is 10.2. The second kappa shape index (κ2) is 12.3. The normalized spacial score (nSPS) is 10.6. The number of benzene rings is 3. The van der Waals surface area contributed by atoms with E-state index < -0.39 is 0 Å². The lowest BCUT2D eigenvalue weighted by molar-refractivity contribution is -0.113. The van der Waals surface area contributed by atoms with Crippen molar-refractivity contribution >= 4 is 68.9 Å². The second-order valence-electron chi connectivity index (χ2n) is 7.55. The second-order valence-corrected chi connectivity index (χ2v) is 10.3. The predicted molar refractivity (Wildman–Crippen MR) is 151 cm³/mol. The maximum Gasteiger partial charge on any atom is 0.255 e. The Balaban J connectivity index is 1.29. The summed E-state index contributed by atoms with van der Waals surface area (Å²) >= 11 is 14.9. The van der Waals surface area contributed by atoms with Crippen molar-refractivity contribution in [2.45, 2.75) is 4.90 Å². The zero-order valence-electron chi connectivity index (χ0n) is 19.7. The molecule has 3 aromatic carbocycles. The van der Waals surface area contributed by atoms with Gasteiger partial charge in [-0.1, -0.05) is 23.2 Å². The highest BCUT2D eigenvalue weighted by Gasteiger charge is 2.13. The lowest BCUT2D eigenvalue weighted by Gasteiger charge is -2.10.